The Morgan fingerprint density at radius 3 is 2.30 bits per heavy atom. The maximum Gasteiger partial charge on any atom is 0.320 e. The zero-order chi connectivity index (χ0) is 15.1. The van der Waals surface area contributed by atoms with Gasteiger partial charge in [0.05, 0.1) is 0 Å². The summed E-state index contributed by atoms with van der Waals surface area (Å²) in [6.45, 7) is 7.33. The van der Waals surface area contributed by atoms with Gasteiger partial charge >= 0.3 is 5.97 Å². The fraction of sp³-hybridized carbons (Fsp3) is 0.235. The summed E-state index contributed by atoms with van der Waals surface area (Å²) in [4.78, 5) is 10.0. The molecule has 0 bridgehead atoms. The molecule has 0 aliphatic heterocycles. The van der Waals surface area contributed by atoms with Gasteiger partial charge < -0.3 is 10.8 Å². The maximum atomic E-state index is 10.0. The first-order valence-electron chi connectivity index (χ1n) is 6.56. The van der Waals surface area contributed by atoms with Crippen LogP contribution in [-0.4, -0.2) is 17.1 Å². The van der Waals surface area contributed by atoms with Crippen LogP contribution < -0.4 is 5.73 Å². The quantitative estimate of drug-likeness (QED) is 0.897. The van der Waals surface area contributed by atoms with E-state index in [-0.39, 0.29) is 5.92 Å². The Hall–Kier alpha value is -2.13. The van der Waals surface area contributed by atoms with E-state index < -0.39 is 12.0 Å². The van der Waals surface area contributed by atoms with Crippen LogP contribution in [0.3, 0.4) is 0 Å². The van der Waals surface area contributed by atoms with E-state index in [0.29, 0.717) is 0 Å². The lowest BCUT2D eigenvalue weighted by Gasteiger charge is -2.07. The molecule has 3 heteroatoms. The highest BCUT2D eigenvalue weighted by Gasteiger charge is 2.14. The molecule has 0 heterocycles. The Kier molecular flexibility index (Phi) is 5.94. The summed E-state index contributed by atoms with van der Waals surface area (Å²) >= 11 is 0. The van der Waals surface area contributed by atoms with Crippen molar-refractivity contribution in [2.75, 3.05) is 0 Å². The van der Waals surface area contributed by atoms with E-state index in [4.69, 9.17) is 10.8 Å². The Bertz CT molecular complexity index is 585. The van der Waals surface area contributed by atoms with Crippen LogP contribution in [0.4, 0.5) is 0 Å². The van der Waals surface area contributed by atoms with E-state index in [1.165, 1.54) is 16.3 Å². The summed E-state index contributed by atoms with van der Waals surface area (Å²) in [5, 5.41) is 10.8. The van der Waals surface area contributed by atoms with Crippen molar-refractivity contribution < 1.29 is 9.90 Å². The van der Waals surface area contributed by atoms with E-state index >= 15 is 0 Å². The van der Waals surface area contributed by atoms with Gasteiger partial charge in [0.1, 0.15) is 6.04 Å². The molecule has 0 aromatic heterocycles. The number of benzene rings is 2. The highest BCUT2D eigenvalue weighted by Crippen LogP contribution is 2.18. The standard InChI is InChI=1S/C12H10.C5H11NO2/c1-2-10-7-5-8-11-6-3-4-9-12(10)11;1-3(2)4(6)5(7)8/h2-9H,1H2;3-4H,6H2,1-2H3,(H,7,8)/t;4-/m.0/s1. The molecule has 106 valence electrons. The minimum Gasteiger partial charge on any atom is -0.480 e. The molecule has 0 radical (unpaired) electrons. The molecule has 0 saturated heterocycles. The van der Waals surface area contributed by atoms with Gasteiger partial charge in [-0.25, -0.2) is 0 Å². The van der Waals surface area contributed by atoms with E-state index in [1.54, 1.807) is 13.8 Å². The predicted octanol–water partition coefficient (Wildman–Crippen LogP) is 3.54. The summed E-state index contributed by atoms with van der Waals surface area (Å²) < 4.78 is 0. The third-order valence-corrected chi connectivity index (χ3v) is 3.05. The van der Waals surface area contributed by atoms with Gasteiger partial charge in [-0.1, -0.05) is 69.0 Å². The smallest absolute Gasteiger partial charge is 0.320 e. The minimum absolute atomic E-state index is 0.0208. The second-order valence-electron chi connectivity index (χ2n) is 4.88. The van der Waals surface area contributed by atoms with Crippen LogP contribution in [-0.2, 0) is 4.79 Å². The number of carboxylic acid groups (broad SMARTS) is 1. The fourth-order valence-corrected chi connectivity index (χ4v) is 1.71. The second-order valence-corrected chi connectivity index (χ2v) is 4.88. The normalized spacial score (nSPS) is 11.6. The van der Waals surface area contributed by atoms with Crippen molar-refractivity contribution in [2.24, 2.45) is 11.7 Å². The van der Waals surface area contributed by atoms with Crippen LogP contribution in [0.15, 0.2) is 49.0 Å². The van der Waals surface area contributed by atoms with E-state index in [2.05, 4.69) is 49.0 Å². The molecule has 2 aromatic rings. The summed E-state index contributed by atoms with van der Waals surface area (Å²) in [5.41, 5.74) is 6.36. The van der Waals surface area contributed by atoms with E-state index in [0.717, 1.165) is 0 Å². The highest BCUT2D eigenvalue weighted by atomic mass is 16.4. The molecule has 0 aliphatic rings. The Labute approximate surface area is 119 Å². The van der Waals surface area contributed by atoms with Gasteiger partial charge in [0.2, 0.25) is 0 Å². The van der Waals surface area contributed by atoms with E-state index in [1.807, 2.05) is 6.08 Å². The van der Waals surface area contributed by atoms with Crippen molar-refractivity contribution in [2.45, 2.75) is 19.9 Å². The van der Waals surface area contributed by atoms with Crippen molar-refractivity contribution in [3.05, 3.63) is 54.6 Å². The molecule has 0 spiro atoms. The molecule has 3 N–H and O–H groups in total. The van der Waals surface area contributed by atoms with Crippen LogP contribution in [0.5, 0.6) is 0 Å². The summed E-state index contributed by atoms with van der Waals surface area (Å²) in [6.07, 6.45) is 1.89. The fourth-order valence-electron chi connectivity index (χ4n) is 1.71. The Morgan fingerprint density at radius 1 is 1.20 bits per heavy atom. The van der Waals surface area contributed by atoms with Crippen LogP contribution in [0.2, 0.25) is 0 Å². The van der Waals surface area contributed by atoms with Crippen molar-refractivity contribution in [3.63, 3.8) is 0 Å². The van der Waals surface area contributed by atoms with Crippen LogP contribution in [0, 0.1) is 5.92 Å². The Morgan fingerprint density at radius 2 is 1.80 bits per heavy atom. The van der Waals surface area contributed by atoms with E-state index in [9.17, 15) is 4.79 Å². The zero-order valence-corrected chi connectivity index (χ0v) is 11.9. The molecular weight excluding hydrogens is 250 g/mol. The average molecular weight is 271 g/mol. The molecule has 3 nitrogen and oxygen atoms in total. The number of hydrogen-bond donors (Lipinski definition) is 2. The lowest BCUT2D eigenvalue weighted by atomic mass is 10.1. The summed E-state index contributed by atoms with van der Waals surface area (Å²) in [6, 6.07) is 13.9. The van der Waals surface area contributed by atoms with Crippen LogP contribution >= 0.6 is 0 Å². The second kappa shape index (κ2) is 7.46. The molecule has 0 fully saturated rings. The lowest BCUT2D eigenvalue weighted by Crippen LogP contribution is -2.34. The SMILES string of the molecule is C=Cc1cccc2ccccc12.CC(C)[C@H](N)C(=O)O. The largest absolute Gasteiger partial charge is 0.480 e. The highest BCUT2D eigenvalue weighted by molar-refractivity contribution is 5.90. The van der Waals surface area contributed by atoms with Gasteiger partial charge in [-0.2, -0.15) is 0 Å². The molecule has 2 rings (SSSR count). The van der Waals surface area contributed by atoms with Crippen LogP contribution in [0.25, 0.3) is 16.8 Å². The molecule has 1 atom stereocenters. The first-order valence-corrected chi connectivity index (χ1v) is 6.56. The summed E-state index contributed by atoms with van der Waals surface area (Å²) in [7, 11) is 0. The lowest BCUT2D eigenvalue weighted by molar-refractivity contribution is -0.139. The molecular formula is C17H21NO2. The third kappa shape index (κ3) is 4.21. The molecule has 0 saturated carbocycles. The number of nitrogens with two attached hydrogens (primary N) is 1. The van der Waals surface area contributed by atoms with Gasteiger partial charge in [-0.15, -0.1) is 0 Å². The number of carboxylic acids is 1. The number of hydrogen-bond acceptors (Lipinski definition) is 2. The Balaban J connectivity index is 0.000000221. The number of fused-ring (bicyclic) bond motifs is 1. The minimum atomic E-state index is -0.931. The molecule has 0 amide bonds. The van der Waals surface area contributed by atoms with Gasteiger partial charge in [-0.3, -0.25) is 4.79 Å². The van der Waals surface area contributed by atoms with Crippen LogP contribution in [0.1, 0.15) is 19.4 Å². The van der Waals surface area contributed by atoms with Crippen molar-refractivity contribution in [1.82, 2.24) is 0 Å². The zero-order valence-electron chi connectivity index (χ0n) is 11.9. The molecule has 20 heavy (non-hydrogen) atoms. The maximum absolute atomic E-state index is 10.0. The summed E-state index contributed by atoms with van der Waals surface area (Å²) in [5.74, 6) is -0.910. The van der Waals surface area contributed by atoms with Gasteiger partial charge in [0, 0.05) is 0 Å². The topological polar surface area (TPSA) is 63.3 Å². The number of rotatable bonds is 3. The number of carbonyl (C=O) groups is 1. The van der Waals surface area contributed by atoms with Crippen molar-refractivity contribution in [3.8, 4) is 0 Å². The van der Waals surface area contributed by atoms with Crippen molar-refractivity contribution >= 4 is 22.8 Å². The third-order valence-electron chi connectivity index (χ3n) is 3.05. The first-order chi connectivity index (χ1) is 9.47. The van der Waals surface area contributed by atoms with Gasteiger partial charge in [0.15, 0.2) is 0 Å². The first kappa shape index (κ1) is 15.9. The monoisotopic (exact) mass is 271 g/mol. The molecule has 2 aromatic carbocycles. The van der Waals surface area contributed by atoms with Gasteiger partial charge in [-0.05, 0) is 22.3 Å². The molecule has 0 aliphatic carbocycles. The average Bonchev–Trinajstić information content (AvgIpc) is 2.46. The molecule has 0 unspecified atom stereocenters. The number of aliphatic carboxylic acids is 1. The van der Waals surface area contributed by atoms with Crippen molar-refractivity contribution in [1.29, 1.82) is 0 Å². The predicted molar refractivity (Wildman–Crippen MR) is 84.5 cm³/mol. The van der Waals surface area contributed by atoms with Gasteiger partial charge in [0.25, 0.3) is 0 Å².